The van der Waals surface area contributed by atoms with Gasteiger partial charge in [-0.15, -0.1) is 0 Å². The predicted molar refractivity (Wildman–Crippen MR) is 117 cm³/mol. The third-order valence-corrected chi connectivity index (χ3v) is 4.46. The van der Waals surface area contributed by atoms with Crippen molar-refractivity contribution in [3.63, 3.8) is 0 Å². The van der Waals surface area contributed by atoms with E-state index in [0.29, 0.717) is 24.3 Å². The maximum absolute atomic E-state index is 12.1. The molecule has 34 heavy (non-hydrogen) atoms. The third kappa shape index (κ3) is 11.8. The number of hydrogen-bond acceptors (Lipinski definition) is 7. The maximum atomic E-state index is 12.1. The average molecular weight is 483 g/mol. The lowest BCUT2D eigenvalue weighted by Gasteiger charge is -2.18. The normalized spacial score (nSPS) is 12.3. The molecule has 1 aromatic rings. The number of rotatable bonds is 16. The smallest absolute Gasteiger partial charge is 0.326 e. The number of carboxylic acid groups (broad SMARTS) is 3. The van der Waals surface area contributed by atoms with Crippen molar-refractivity contribution < 1.29 is 49.1 Å². The first-order chi connectivity index (χ1) is 16.1. The molecule has 0 saturated heterocycles. The molecule has 0 bridgehead atoms. The molecule has 0 aliphatic heterocycles. The van der Waals surface area contributed by atoms with Gasteiger partial charge < -0.3 is 41.1 Å². The Labute approximate surface area is 195 Å². The summed E-state index contributed by atoms with van der Waals surface area (Å²) in [7, 11) is 0. The Kier molecular flexibility index (Phi) is 12.6. The number of urea groups is 1. The second kappa shape index (κ2) is 15.2. The van der Waals surface area contributed by atoms with Gasteiger partial charge in [-0.2, -0.15) is 0 Å². The standard InChI is InChI=1S/C21H29N3O10/c25-9-11-34-10-1-2-17(26)22-14-5-3-13(4-6-14)12-16(20(31)32)24-21(33)23-15(19(29)30)7-8-18(27)28/h3-6,15-16,25H,1-2,7-12H2,(H,22,26)(H,27,28)(H,29,30)(H,31,32)(H2,23,24,33). The van der Waals surface area contributed by atoms with E-state index in [-0.39, 0.29) is 38.4 Å². The van der Waals surface area contributed by atoms with Crippen molar-refractivity contribution in [2.24, 2.45) is 0 Å². The van der Waals surface area contributed by atoms with Gasteiger partial charge in [0.2, 0.25) is 5.91 Å². The third-order valence-electron chi connectivity index (χ3n) is 4.46. The van der Waals surface area contributed by atoms with Crippen LogP contribution in [0.3, 0.4) is 0 Å². The van der Waals surface area contributed by atoms with E-state index in [1.54, 1.807) is 24.3 Å². The van der Waals surface area contributed by atoms with Crippen LogP contribution in [0.25, 0.3) is 0 Å². The SMILES string of the molecule is O=C(O)CCC(NC(=O)NC(Cc1ccc(NC(=O)CCCOCCO)cc1)C(=O)O)C(=O)O. The van der Waals surface area contributed by atoms with Crippen LogP contribution in [0, 0.1) is 0 Å². The molecule has 7 N–H and O–H groups in total. The molecule has 0 aliphatic carbocycles. The van der Waals surface area contributed by atoms with Crippen LogP contribution in [0.1, 0.15) is 31.2 Å². The van der Waals surface area contributed by atoms with Crippen LogP contribution in [0.15, 0.2) is 24.3 Å². The fourth-order valence-electron chi connectivity index (χ4n) is 2.77. The molecule has 13 nitrogen and oxygen atoms in total. The van der Waals surface area contributed by atoms with Crippen LogP contribution in [0.4, 0.5) is 10.5 Å². The molecule has 2 atom stereocenters. The van der Waals surface area contributed by atoms with Gasteiger partial charge >= 0.3 is 23.9 Å². The second-order valence-electron chi connectivity index (χ2n) is 7.22. The van der Waals surface area contributed by atoms with Crippen LogP contribution >= 0.6 is 0 Å². The molecule has 2 unspecified atom stereocenters. The largest absolute Gasteiger partial charge is 0.481 e. The first-order valence-corrected chi connectivity index (χ1v) is 10.4. The molecule has 3 amide bonds. The van der Waals surface area contributed by atoms with Crippen LogP contribution in [0.5, 0.6) is 0 Å². The summed E-state index contributed by atoms with van der Waals surface area (Å²) in [5.74, 6) is -4.27. The minimum absolute atomic E-state index is 0.0862. The molecule has 0 aliphatic rings. The van der Waals surface area contributed by atoms with Crippen molar-refractivity contribution in [1.29, 1.82) is 0 Å². The molecule has 13 heteroatoms. The van der Waals surface area contributed by atoms with Gasteiger partial charge in [0.05, 0.1) is 13.2 Å². The van der Waals surface area contributed by atoms with Gasteiger partial charge in [0.1, 0.15) is 12.1 Å². The topological polar surface area (TPSA) is 212 Å². The number of aliphatic hydroxyl groups is 1. The van der Waals surface area contributed by atoms with Gasteiger partial charge in [0.15, 0.2) is 0 Å². The summed E-state index contributed by atoms with van der Waals surface area (Å²) in [6.07, 6.45) is -0.265. The number of amides is 3. The highest BCUT2D eigenvalue weighted by atomic mass is 16.5. The minimum Gasteiger partial charge on any atom is -0.481 e. The summed E-state index contributed by atoms with van der Waals surface area (Å²) in [6.45, 7) is 0.468. The molecule has 188 valence electrons. The number of benzene rings is 1. The van der Waals surface area contributed by atoms with E-state index in [2.05, 4.69) is 16.0 Å². The highest BCUT2D eigenvalue weighted by molar-refractivity contribution is 5.90. The molecular formula is C21H29N3O10. The summed E-state index contributed by atoms with van der Waals surface area (Å²) in [5, 5.41) is 42.7. The zero-order chi connectivity index (χ0) is 25.5. The van der Waals surface area contributed by atoms with Crippen LogP contribution < -0.4 is 16.0 Å². The molecule has 0 saturated carbocycles. The van der Waals surface area contributed by atoms with Gasteiger partial charge in [-0.3, -0.25) is 9.59 Å². The Morgan fingerprint density at radius 2 is 1.47 bits per heavy atom. The van der Waals surface area contributed by atoms with E-state index in [0.717, 1.165) is 0 Å². The molecule has 1 rings (SSSR count). The van der Waals surface area contributed by atoms with Gasteiger partial charge in [0, 0.05) is 31.6 Å². The van der Waals surface area contributed by atoms with E-state index < -0.39 is 42.4 Å². The van der Waals surface area contributed by atoms with E-state index in [1.807, 2.05) is 0 Å². The molecule has 0 aromatic heterocycles. The lowest BCUT2D eigenvalue weighted by atomic mass is 10.1. The number of ether oxygens (including phenoxy) is 1. The van der Waals surface area contributed by atoms with E-state index >= 15 is 0 Å². The Morgan fingerprint density at radius 1 is 0.853 bits per heavy atom. The highest BCUT2D eigenvalue weighted by Gasteiger charge is 2.25. The lowest BCUT2D eigenvalue weighted by Crippen LogP contribution is -2.51. The van der Waals surface area contributed by atoms with Crippen LogP contribution in [-0.2, 0) is 30.3 Å². The molecule has 0 fully saturated rings. The zero-order valence-electron chi connectivity index (χ0n) is 18.4. The van der Waals surface area contributed by atoms with Crippen LogP contribution in [-0.4, -0.2) is 82.2 Å². The van der Waals surface area contributed by atoms with Gasteiger partial charge in [-0.05, 0) is 30.5 Å². The van der Waals surface area contributed by atoms with Gasteiger partial charge in [-0.1, -0.05) is 12.1 Å². The Bertz CT molecular complexity index is 844. The molecular weight excluding hydrogens is 454 g/mol. The number of anilines is 1. The predicted octanol–water partition coefficient (Wildman–Crippen LogP) is 0.0271. The van der Waals surface area contributed by atoms with Crippen LogP contribution in [0.2, 0.25) is 0 Å². The Hall–Kier alpha value is -3.71. The molecule has 1 aromatic carbocycles. The quantitative estimate of drug-likeness (QED) is 0.157. The summed E-state index contributed by atoms with van der Waals surface area (Å²) in [5.41, 5.74) is 1.02. The zero-order valence-corrected chi connectivity index (χ0v) is 18.4. The fourth-order valence-corrected chi connectivity index (χ4v) is 2.77. The summed E-state index contributed by atoms with van der Waals surface area (Å²) in [6, 6.07) is 2.35. The number of nitrogens with one attached hydrogen (secondary N) is 3. The van der Waals surface area contributed by atoms with Crippen molar-refractivity contribution in [1.82, 2.24) is 10.6 Å². The minimum atomic E-state index is -1.49. The molecule has 0 radical (unpaired) electrons. The van der Waals surface area contributed by atoms with E-state index in [9.17, 15) is 29.1 Å². The number of aliphatic carboxylic acids is 3. The van der Waals surface area contributed by atoms with Crippen molar-refractivity contribution in [2.45, 2.75) is 44.2 Å². The summed E-state index contributed by atoms with van der Waals surface area (Å²) >= 11 is 0. The van der Waals surface area contributed by atoms with E-state index in [1.165, 1.54) is 0 Å². The summed E-state index contributed by atoms with van der Waals surface area (Å²) < 4.78 is 5.07. The van der Waals surface area contributed by atoms with Gasteiger partial charge in [0.25, 0.3) is 0 Å². The highest BCUT2D eigenvalue weighted by Crippen LogP contribution is 2.12. The van der Waals surface area contributed by atoms with Crippen molar-refractivity contribution in [2.75, 3.05) is 25.1 Å². The Morgan fingerprint density at radius 3 is 2.03 bits per heavy atom. The summed E-state index contributed by atoms with van der Waals surface area (Å²) in [4.78, 5) is 57.3. The number of aliphatic hydroxyl groups excluding tert-OH is 1. The number of carboxylic acids is 3. The maximum Gasteiger partial charge on any atom is 0.326 e. The van der Waals surface area contributed by atoms with Gasteiger partial charge in [-0.25, -0.2) is 14.4 Å². The number of carbonyl (C=O) groups excluding carboxylic acids is 2. The number of hydrogen-bond donors (Lipinski definition) is 7. The van der Waals surface area contributed by atoms with Crippen molar-refractivity contribution >= 4 is 35.5 Å². The van der Waals surface area contributed by atoms with Crippen molar-refractivity contribution in [3.05, 3.63) is 29.8 Å². The molecule has 0 heterocycles. The first-order valence-electron chi connectivity index (χ1n) is 10.4. The lowest BCUT2D eigenvalue weighted by molar-refractivity contribution is -0.140. The Balaban J connectivity index is 2.59. The fraction of sp³-hybridized carbons (Fsp3) is 0.476. The van der Waals surface area contributed by atoms with E-state index in [4.69, 9.17) is 20.1 Å². The average Bonchev–Trinajstić information content (AvgIpc) is 2.76. The second-order valence-corrected chi connectivity index (χ2v) is 7.22. The van der Waals surface area contributed by atoms with Crippen molar-refractivity contribution in [3.8, 4) is 0 Å². The molecule has 0 spiro atoms. The number of carbonyl (C=O) groups is 5. The monoisotopic (exact) mass is 483 g/mol. The first kappa shape index (κ1) is 28.3.